The van der Waals surface area contributed by atoms with Crippen LogP contribution in [0.25, 0.3) is 0 Å². The van der Waals surface area contributed by atoms with Gasteiger partial charge in [0.1, 0.15) is 6.29 Å². The van der Waals surface area contributed by atoms with Crippen LogP contribution in [0.1, 0.15) is 5.69 Å². The number of hydrogen-bond acceptors (Lipinski definition) is 8. The third-order valence-corrected chi connectivity index (χ3v) is 1.94. The molecule has 12 heavy (non-hydrogen) atoms. The molecule has 0 radical (unpaired) electrons. The Bertz CT molecular complexity index is 217. The van der Waals surface area contributed by atoms with Gasteiger partial charge in [-0.2, -0.15) is 11.1 Å². The van der Waals surface area contributed by atoms with E-state index in [2.05, 4.69) is 36.8 Å². The molecule has 0 bridgehead atoms. The summed E-state index contributed by atoms with van der Waals surface area (Å²) in [5, 5.41) is 8.93. The minimum absolute atomic E-state index is 0.00620. The van der Waals surface area contributed by atoms with E-state index in [0.717, 1.165) is 5.69 Å². The van der Waals surface area contributed by atoms with E-state index in [4.69, 9.17) is 0 Å². The largest absolute Gasteiger partial charge is 0.282 e. The monoisotopic (exact) mass is 187 g/mol. The quantitative estimate of drug-likeness (QED) is 0.375. The van der Waals surface area contributed by atoms with E-state index in [1.807, 2.05) is 5.38 Å². The topological polar surface area (TPSA) is 85.9 Å². The van der Waals surface area contributed by atoms with Gasteiger partial charge in [-0.3, -0.25) is 5.32 Å². The number of aromatic nitrogens is 2. The van der Waals surface area contributed by atoms with Crippen LogP contribution in [0.3, 0.4) is 0 Å². The minimum atomic E-state index is 0.00620. The summed E-state index contributed by atoms with van der Waals surface area (Å²) in [5.41, 5.74) is 12.1. The van der Waals surface area contributed by atoms with Crippen LogP contribution in [0, 0.1) is 0 Å². The van der Waals surface area contributed by atoms with Crippen LogP contribution in [0.5, 0.6) is 0 Å². The molecule has 5 N–H and O–H groups in total. The zero-order valence-electron chi connectivity index (χ0n) is 6.16. The van der Waals surface area contributed by atoms with Crippen LogP contribution in [-0.2, 0) is 6.54 Å². The lowest BCUT2D eigenvalue weighted by Crippen LogP contribution is -2.46. The van der Waals surface area contributed by atoms with Crippen LogP contribution in [0.2, 0.25) is 0 Å². The first-order valence-corrected chi connectivity index (χ1v) is 4.29. The molecule has 8 heteroatoms. The van der Waals surface area contributed by atoms with Gasteiger partial charge in [-0.1, -0.05) is 4.49 Å². The van der Waals surface area contributed by atoms with Crippen molar-refractivity contribution < 1.29 is 0 Å². The second-order valence-electron chi connectivity index (χ2n) is 2.25. The Morgan fingerprint density at radius 2 is 2.33 bits per heavy atom. The fraction of sp³-hybridized carbons (Fsp3) is 0.500. The molecule has 0 amide bonds. The Morgan fingerprint density at radius 3 is 3.00 bits per heavy atom. The highest BCUT2D eigenvalue weighted by molar-refractivity contribution is 7.03. The van der Waals surface area contributed by atoms with Crippen molar-refractivity contribution in [3.05, 3.63) is 11.1 Å². The standard InChI is InChI=1S/C4H9N7S/c1(3-2-12-11-6-3)5-4-7-9-10-8-4/h2,4-5,7-10H,1H2. The molecule has 1 fully saturated rings. The predicted molar refractivity (Wildman–Crippen MR) is 43.1 cm³/mol. The number of hydrogen-bond donors (Lipinski definition) is 5. The first-order valence-electron chi connectivity index (χ1n) is 3.45. The van der Waals surface area contributed by atoms with Gasteiger partial charge in [0, 0.05) is 11.9 Å². The van der Waals surface area contributed by atoms with Gasteiger partial charge in [0.15, 0.2) is 0 Å². The van der Waals surface area contributed by atoms with Crippen molar-refractivity contribution >= 4 is 11.5 Å². The van der Waals surface area contributed by atoms with Crippen LogP contribution in [0.15, 0.2) is 5.38 Å². The molecule has 1 aromatic rings. The first kappa shape index (κ1) is 7.98. The third kappa shape index (κ3) is 1.94. The Balaban J connectivity index is 1.74. The second-order valence-corrected chi connectivity index (χ2v) is 2.86. The molecule has 7 nitrogen and oxygen atoms in total. The highest BCUT2D eigenvalue weighted by Crippen LogP contribution is 1.95. The molecular formula is C4H9N7S. The van der Waals surface area contributed by atoms with Gasteiger partial charge in [0.05, 0.1) is 5.69 Å². The molecule has 0 unspecified atom stereocenters. The molecule has 0 spiro atoms. The van der Waals surface area contributed by atoms with E-state index in [1.54, 1.807) is 0 Å². The molecular weight excluding hydrogens is 178 g/mol. The number of nitrogens with zero attached hydrogens (tertiary/aromatic N) is 2. The lowest BCUT2D eigenvalue weighted by Gasteiger charge is -2.08. The molecule has 0 aromatic carbocycles. The van der Waals surface area contributed by atoms with E-state index >= 15 is 0 Å². The Kier molecular flexibility index (Phi) is 2.56. The zero-order chi connectivity index (χ0) is 8.23. The molecule has 2 heterocycles. The molecule has 1 aromatic heterocycles. The van der Waals surface area contributed by atoms with Crippen LogP contribution in [-0.4, -0.2) is 15.9 Å². The fourth-order valence-electron chi connectivity index (χ4n) is 0.822. The lowest BCUT2D eigenvalue weighted by molar-refractivity contribution is 0.421. The molecule has 66 valence electrons. The van der Waals surface area contributed by atoms with E-state index in [-0.39, 0.29) is 6.29 Å². The highest BCUT2D eigenvalue weighted by Gasteiger charge is 2.10. The van der Waals surface area contributed by atoms with E-state index in [9.17, 15) is 0 Å². The summed E-state index contributed by atoms with van der Waals surface area (Å²) in [6.45, 7) is 0.685. The number of nitrogens with one attached hydrogen (secondary N) is 5. The Hall–Kier alpha value is -0.640. The summed E-state index contributed by atoms with van der Waals surface area (Å²) in [6, 6.07) is 0. The summed E-state index contributed by atoms with van der Waals surface area (Å²) in [7, 11) is 0. The van der Waals surface area contributed by atoms with Crippen LogP contribution >= 0.6 is 11.5 Å². The third-order valence-electron chi connectivity index (χ3n) is 1.39. The average Bonchev–Trinajstić information content (AvgIpc) is 2.74. The van der Waals surface area contributed by atoms with Crippen molar-refractivity contribution in [1.82, 2.24) is 36.8 Å². The van der Waals surface area contributed by atoms with E-state index in [0.29, 0.717) is 6.54 Å². The predicted octanol–water partition coefficient (Wildman–Crippen LogP) is -1.97. The molecule has 0 saturated carbocycles. The van der Waals surface area contributed by atoms with Crippen molar-refractivity contribution in [2.24, 2.45) is 0 Å². The molecule has 0 atom stereocenters. The summed E-state index contributed by atoms with van der Waals surface area (Å²) in [5.74, 6) is 0. The van der Waals surface area contributed by atoms with Gasteiger partial charge in [0.2, 0.25) is 0 Å². The Morgan fingerprint density at radius 1 is 1.50 bits per heavy atom. The smallest absolute Gasteiger partial charge is 0.139 e. The van der Waals surface area contributed by atoms with Gasteiger partial charge in [-0.15, -0.1) is 5.10 Å². The van der Waals surface area contributed by atoms with Gasteiger partial charge < -0.3 is 0 Å². The second kappa shape index (κ2) is 3.85. The maximum atomic E-state index is 3.89. The van der Waals surface area contributed by atoms with Crippen LogP contribution in [0.4, 0.5) is 0 Å². The van der Waals surface area contributed by atoms with Crippen molar-refractivity contribution in [3.8, 4) is 0 Å². The molecule has 1 aliphatic rings. The SMILES string of the molecule is c1snnc1CNC1NNNN1. The molecule has 0 aliphatic carbocycles. The average molecular weight is 187 g/mol. The minimum Gasteiger partial charge on any atom is -0.282 e. The normalized spacial score (nSPS) is 18.7. The summed E-state index contributed by atoms with van der Waals surface area (Å²) in [6.07, 6.45) is 0.00620. The van der Waals surface area contributed by atoms with Crippen molar-refractivity contribution in [1.29, 1.82) is 0 Å². The van der Waals surface area contributed by atoms with Crippen molar-refractivity contribution in [3.63, 3.8) is 0 Å². The summed E-state index contributed by atoms with van der Waals surface area (Å²) >= 11 is 1.35. The molecule has 1 aliphatic heterocycles. The first-order chi connectivity index (χ1) is 5.95. The van der Waals surface area contributed by atoms with Gasteiger partial charge in [-0.05, 0) is 11.5 Å². The van der Waals surface area contributed by atoms with Gasteiger partial charge in [0.25, 0.3) is 0 Å². The lowest BCUT2D eigenvalue weighted by atomic mass is 10.5. The number of rotatable bonds is 3. The number of hydrazine groups is 3. The Labute approximate surface area is 73.0 Å². The highest BCUT2D eigenvalue weighted by atomic mass is 32.1. The van der Waals surface area contributed by atoms with Gasteiger partial charge >= 0.3 is 0 Å². The van der Waals surface area contributed by atoms with E-state index in [1.165, 1.54) is 11.5 Å². The molecule has 1 saturated heterocycles. The van der Waals surface area contributed by atoms with Crippen LogP contribution < -0.4 is 27.2 Å². The maximum Gasteiger partial charge on any atom is 0.139 e. The summed E-state index contributed by atoms with van der Waals surface area (Å²) in [4.78, 5) is 0. The summed E-state index contributed by atoms with van der Waals surface area (Å²) < 4.78 is 3.75. The van der Waals surface area contributed by atoms with Crippen molar-refractivity contribution in [2.75, 3.05) is 0 Å². The maximum absolute atomic E-state index is 3.89. The van der Waals surface area contributed by atoms with Gasteiger partial charge in [-0.25, -0.2) is 10.9 Å². The molecule has 2 rings (SSSR count). The van der Waals surface area contributed by atoms with E-state index < -0.39 is 0 Å². The zero-order valence-corrected chi connectivity index (χ0v) is 6.98. The fourth-order valence-corrected chi connectivity index (χ4v) is 1.27. The van der Waals surface area contributed by atoms with Crippen molar-refractivity contribution in [2.45, 2.75) is 12.8 Å².